The van der Waals surface area contributed by atoms with Gasteiger partial charge in [-0.05, 0) is 24.6 Å². The molecule has 1 aliphatic rings. The number of carbonyl (C=O) groups is 2. The highest BCUT2D eigenvalue weighted by Gasteiger charge is 2.31. The van der Waals surface area contributed by atoms with Crippen LogP contribution in [0.5, 0.6) is 5.75 Å². The molecule has 2 amide bonds. The number of hydrogen-bond acceptors (Lipinski definition) is 5. The Balaban J connectivity index is 1.59. The van der Waals surface area contributed by atoms with Crippen LogP contribution in [0, 0.1) is 0 Å². The predicted molar refractivity (Wildman–Crippen MR) is 102 cm³/mol. The molecule has 2 N–H and O–H groups in total. The Morgan fingerprint density at radius 1 is 1.23 bits per heavy atom. The van der Waals surface area contributed by atoms with E-state index >= 15 is 0 Å². The van der Waals surface area contributed by atoms with Crippen molar-refractivity contribution >= 4 is 12.0 Å². The third kappa shape index (κ3) is 5.26. The van der Waals surface area contributed by atoms with Crippen LogP contribution >= 0.6 is 0 Å². The van der Waals surface area contributed by atoms with Crippen molar-refractivity contribution in [3.05, 3.63) is 59.4 Å². The fourth-order valence-corrected chi connectivity index (χ4v) is 3.32. The molecule has 10 heteroatoms. The summed E-state index contributed by atoms with van der Waals surface area (Å²) >= 11 is 0. The van der Waals surface area contributed by atoms with Crippen LogP contribution in [-0.4, -0.2) is 52.5 Å². The number of amides is 2. The topological polar surface area (TPSA) is 88.8 Å². The van der Waals surface area contributed by atoms with E-state index in [0.717, 1.165) is 12.1 Å². The van der Waals surface area contributed by atoms with Gasteiger partial charge in [0.25, 0.3) is 0 Å². The normalized spacial score (nSPS) is 17.6. The van der Waals surface area contributed by atoms with Gasteiger partial charge in [-0.1, -0.05) is 18.2 Å². The van der Waals surface area contributed by atoms with Gasteiger partial charge in [0.1, 0.15) is 0 Å². The number of carbonyl (C=O) groups excluding carboxylic acids is 2. The minimum Gasteiger partial charge on any atom is -0.409 e. The second kappa shape index (κ2) is 8.70. The maximum atomic E-state index is 12.9. The van der Waals surface area contributed by atoms with Crippen molar-refractivity contribution in [2.45, 2.75) is 25.7 Å². The first-order chi connectivity index (χ1) is 14.1. The van der Waals surface area contributed by atoms with Crippen molar-refractivity contribution in [3.63, 3.8) is 0 Å². The third-order valence-corrected chi connectivity index (χ3v) is 4.81. The molecule has 0 radical (unpaired) electrons. The Morgan fingerprint density at radius 2 is 2.00 bits per heavy atom. The summed E-state index contributed by atoms with van der Waals surface area (Å²) in [7, 11) is 0. The Morgan fingerprint density at radius 3 is 2.67 bits per heavy atom. The Hall–Kier alpha value is -3.14. The molecule has 1 aromatic heterocycles. The molecule has 1 saturated heterocycles. The first kappa shape index (κ1) is 21.6. The molecule has 2 aromatic rings. The number of piperazine rings is 1. The van der Waals surface area contributed by atoms with E-state index in [-0.39, 0.29) is 17.4 Å². The molecular formula is C20H21F3N4O3. The minimum absolute atomic E-state index is 0.106. The van der Waals surface area contributed by atoms with Gasteiger partial charge in [0.15, 0.2) is 5.75 Å². The Kier molecular flexibility index (Phi) is 6.25. The number of halogens is 3. The lowest BCUT2D eigenvalue weighted by molar-refractivity contribution is -0.137. The molecule has 0 spiro atoms. The number of pyridine rings is 1. The van der Waals surface area contributed by atoms with Crippen molar-refractivity contribution in [2.75, 3.05) is 19.6 Å². The molecule has 1 fully saturated rings. The first-order valence-corrected chi connectivity index (χ1v) is 9.25. The number of alkyl halides is 3. The Labute approximate surface area is 171 Å². The molecule has 3 rings (SSSR count). The van der Waals surface area contributed by atoms with Crippen molar-refractivity contribution < 1.29 is 27.5 Å². The number of hydrogen-bond donors (Lipinski definition) is 1. The van der Waals surface area contributed by atoms with E-state index in [1.165, 1.54) is 29.4 Å². The number of nitrogens with two attached hydrogens (primary N) is 1. The number of nitrogens with zero attached hydrogens (tertiary/aromatic N) is 3. The molecule has 160 valence electrons. The Bertz CT molecular complexity index is 936. The van der Waals surface area contributed by atoms with Gasteiger partial charge in [0.05, 0.1) is 17.3 Å². The molecule has 1 aliphatic heterocycles. The van der Waals surface area contributed by atoms with Crippen LogP contribution in [0.15, 0.2) is 42.7 Å². The van der Waals surface area contributed by atoms with Gasteiger partial charge in [0, 0.05) is 38.4 Å². The maximum absolute atomic E-state index is 12.9. The molecule has 0 bridgehead atoms. The largest absolute Gasteiger partial charge is 0.416 e. The van der Waals surface area contributed by atoms with E-state index in [2.05, 4.69) is 4.98 Å². The van der Waals surface area contributed by atoms with Gasteiger partial charge in [-0.2, -0.15) is 13.2 Å². The van der Waals surface area contributed by atoms with Gasteiger partial charge in [-0.25, -0.2) is 4.79 Å². The summed E-state index contributed by atoms with van der Waals surface area (Å²) in [5, 5.41) is 0. The summed E-state index contributed by atoms with van der Waals surface area (Å²) in [4.78, 5) is 31.0. The molecule has 1 atom stereocenters. The van der Waals surface area contributed by atoms with Crippen LogP contribution in [0.25, 0.3) is 0 Å². The van der Waals surface area contributed by atoms with E-state index in [0.29, 0.717) is 31.7 Å². The van der Waals surface area contributed by atoms with Crippen molar-refractivity contribution in [1.29, 1.82) is 0 Å². The van der Waals surface area contributed by atoms with Crippen LogP contribution in [0.3, 0.4) is 0 Å². The number of ether oxygens (including phenoxy) is 1. The van der Waals surface area contributed by atoms with Crippen LogP contribution in [0.4, 0.5) is 18.0 Å². The monoisotopic (exact) mass is 422 g/mol. The predicted octanol–water partition coefficient (Wildman–Crippen LogP) is 2.90. The second-order valence-corrected chi connectivity index (χ2v) is 7.12. The van der Waals surface area contributed by atoms with E-state index in [1.807, 2.05) is 11.8 Å². The van der Waals surface area contributed by atoms with Crippen LogP contribution in [0.2, 0.25) is 0 Å². The molecule has 2 heterocycles. The lowest BCUT2D eigenvalue weighted by atomic mass is 10.1. The summed E-state index contributed by atoms with van der Waals surface area (Å²) in [6.07, 6.45) is -2.40. The quantitative estimate of drug-likeness (QED) is 0.819. The van der Waals surface area contributed by atoms with Crippen molar-refractivity contribution in [1.82, 2.24) is 14.8 Å². The smallest absolute Gasteiger partial charge is 0.409 e. The highest BCUT2D eigenvalue weighted by Crippen LogP contribution is 2.30. The first-order valence-electron chi connectivity index (χ1n) is 9.25. The van der Waals surface area contributed by atoms with Crippen LogP contribution in [0.1, 0.15) is 28.4 Å². The highest BCUT2D eigenvalue weighted by atomic mass is 19.4. The summed E-state index contributed by atoms with van der Waals surface area (Å²) in [6, 6.07) is 6.35. The van der Waals surface area contributed by atoms with Crippen LogP contribution in [-0.2, 0) is 12.7 Å². The van der Waals surface area contributed by atoms with Gasteiger partial charge < -0.3 is 15.4 Å². The number of benzene rings is 1. The molecule has 30 heavy (non-hydrogen) atoms. The van der Waals surface area contributed by atoms with E-state index in [9.17, 15) is 22.8 Å². The molecule has 0 unspecified atom stereocenters. The van der Waals surface area contributed by atoms with E-state index in [1.54, 1.807) is 6.07 Å². The molecular weight excluding hydrogens is 401 g/mol. The molecule has 7 nitrogen and oxygen atoms in total. The lowest BCUT2D eigenvalue weighted by Gasteiger charge is -2.39. The lowest BCUT2D eigenvalue weighted by Crippen LogP contribution is -2.54. The van der Waals surface area contributed by atoms with E-state index < -0.39 is 23.7 Å². The third-order valence-electron chi connectivity index (χ3n) is 4.81. The van der Waals surface area contributed by atoms with Crippen LogP contribution < -0.4 is 10.5 Å². The number of aromatic nitrogens is 1. The summed E-state index contributed by atoms with van der Waals surface area (Å²) < 4.78 is 44.0. The average Bonchev–Trinajstić information content (AvgIpc) is 2.67. The second-order valence-electron chi connectivity index (χ2n) is 7.12. The van der Waals surface area contributed by atoms with Crippen molar-refractivity contribution in [2.24, 2.45) is 5.73 Å². The van der Waals surface area contributed by atoms with Gasteiger partial charge in [-0.15, -0.1) is 0 Å². The standard InChI is InChI=1S/C20H21F3N4O3/c1-13-11-26(12-14-3-2-4-16(7-14)20(21,22)23)5-6-27(13)19(29)30-17-8-15(18(24)28)9-25-10-17/h2-4,7-10,13H,5-6,11-12H2,1H3,(H2,24,28)/t13-/m1/s1. The zero-order valence-electron chi connectivity index (χ0n) is 16.2. The van der Waals surface area contributed by atoms with Gasteiger partial charge >= 0.3 is 12.3 Å². The average molecular weight is 422 g/mol. The summed E-state index contributed by atoms with van der Waals surface area (Å²) in [6.45, 7) is 3.49. The minimum atomic E-state index is -4.38. The van der Waals surface area contributed by atoms with Crippen molar-refractivity contribution in [3.8, 4) is 5.75 Å². The fourth-order valence-electron chi connectivity index (χ4n) is 3.32. The molecule has 1 aromatic carbocycles. The van der Waals surface area contributed by atoms with Gasteiger partial charge in [-0.3, -0.25) is 14.7 Å². The zero-order chi connectivity index (χ0) is 21.9. The zero-order valence-corrected chi connectivity index (χ0v) is 16.2. The molecule has 0 saturated carbocycles. The van der Waals surface area contributed by atoms with E-state index in [4.69, 9.17) is 10.5 Å². The molecule has 0 aliphatic carbocycles. The summed E-state index contributed by atoms with van der Waals surface area (Å²) in [5.41, 5.74) is 5.20. The maximum Gasteiger partial charge on any atom is 0.416 e. The highest BCUT2D eigenvalue weighted by molar-refractivity contribution is 5.92. The van der Waals surface area contributed by atoms with Gasteiger partial charge in [0.2, 0.25) is 5.91 Å². The summed E-state index contributed by atoms with van der Waals surface area (Å²) in [5.74, 6) is -0.577. The SMILES string of the molecule is C[C@@H]1CN(Cc2cccc(C(F)(F)F)c2)CCN1C(=O)Oc1cncc(C(N)=O)c1. The number of rotatable bonds is 4. The number of primary amides is 1. The fraction of sp³-hybridized carbons (Fsp3) is 0.350.